The summed E-state index contributed by atoms with van der Waals surface area (Å²) in [7, 11) is 0. The Morgan fingerprint density at radius 1 is 1.10 bits per heavy atom. The minimum absolute atomic E-state index is 0.0431. The van der Waals surface area contributed by atoms with Crippen LogP contribution in [0.15, 0.2) is 53.7 Å². The highest BCUT2D eigenvalue weighted by Gasteiger charge is 2.20. The third kappa shape index (κ3) is 5.65. The highest BCUT2D eigenvalue weighted by atomic mass is 35.5. The normalized spacial score (nSPS) is 11.4. The summed E-state index contributed by atoms with van der Waals surface area (Å²) in [6.45, 7) is 6.49. The Morgan fingerprint density at radius 3 is 2.39 bits per heavy atom. The summed E-state index contributed by atoms with van der Waals surface area (Å²) >= 11 is 7.82. The molecule has 3 rings (SSSR count). The number of para-hydroxylation sites is 1. The molecule has 31 heavy (non-hydrogen) atoms. The van der Waals surface area contributed by atoms with E-state index in [2.05, 4.69) is 48.4 Å². The van der Waals surface area contributed by atoms with Crippen LogP contribution in [-0.2, 0) is 10.2 Å². The van der Waals surface area contributed by atoms with Crippen molar-refractivity contribution in [1.82, 2.24) is 20.1 Å². The van der Waals surface area contributed by atoms with Gasteiger partial charge in [-0.1, -0.05) is 80.5 Å². The number of rotatable bonds is 6. The zero-order valence-corrected chi connectivity index (χ0v) is 19.1. The van der Waals surface area contributed by atoms with Crippen LogP contribution in [0.4, 0.5) is 4.79 Å². The summed E-state index contributed by atoms with van der Waals surface area (Å²) in [5.41, 5.74) is 7.89. The fraction of sp³-hybridized carbons (Fsp3) is 0.273. The van der Waals surface area contributed by atoms with Crippen LogP contribution in [0.25, 0.3) is 17.1 Å². The first-order valence-corrected chi connectivity index (χ1v) is 11.1. The maximum atomic E-state index is 11.7. The largest absolute Gasteiger partial charge is 0.351 e. The van der Waals surface area contributed by atoms with Gasteiger partial charge in [0.2, 0.25) is 5.91 Å². The van der Waals surface area contributed by atoms with E-state index in [1.54, 1.807) is 6.07 Å². The minimum Gasteiger partial charge on any atom is -0.351 e. The Hall–Kier alpha value is -2.84. The van der Waals surface area contributed by atoms with Gasteiger partial charge in [-0.15, -0.1) is 10.2 Å². The highest BCUT2D eigenvalue weighted by Crippen LogP contribution is 2.32. The van der Waals surface area contributed by atoms with Crippen molar-refractivity contribution in [2.75, 3.05) is 5.75 Å². The summed E-state index contributed by atoms with van der Waals surface area (Å²) < 4.78 is 1.88. The monoisotopic (exact) mass is 457 g/mol. The first kappa shape index (κ1) is 22.8. The van der Waals surface area contributed by atoms with E-state index in [1.165, 1.54) is 17.3 Å². The van der Waals surface area contributed by atoms with Gasteiger partial charge in [-0.2, -0.15) is 0 Å². The van der Waals surface area contributed by atoms with Crippen molar-refractivity contribution >= 4 is 35.3 Å². The number of hydrogen-bond acceptors (Lipinski definition) is 5. The van der Waals surface area contributed by atoms with Gasteiger partial charge >= 0.3 is 6.03 Å². The topological polar surface area (TPSA) is 103 Å². The number of primary amides is 1. The van der Waals surface area contributed by atoms with Gasteiger partial charge in [-0.25, -0.2) is 4.79 Å². The number of halogens is 1. The SMILES string of the molecule is CC(C)(C)c1ccc(-c2nnc(SCCC(=O)NC(N)=O)n2-c2ccccc2Cl)cc1. The van der Waals surface area contributed by atoms with Gasteiger partial charge in [0.25, 0.3) is 0 Å². The number of benzene rings is 2. The van der Waals surface area contributed by atoms with Crippen LogP contribution in [0.1, 0.15) is 32.8 Å². The molecule has 7 nitrogen and oxygen atoms in total. The average molecular weight is 458 g/mol. The van der Waals surface area contributed by atoms with Crippen molar-refractivity contribution in [2.24, 2.45) is 5.73 Å². The van der Waals surface area contributed by atoms with Crippen LogP contribution in [-0.4, -0.2) is 32.5 Å². The van der Waals surface area contributed by atoms with Gasteiger partial charge in [-0.3, -0.25) is 14.7 Å². The molecule has 0 radical (unpaired) electrons. The molecule has 3 amide bonds. The quantitative estimate of drug-likeness (QED) is 0.528. The van der Waals surface area contributed by atoms with Gasteiger partial charge in [-0.05, 0) is 23.1 Å². The molecule has 0 saturated heterocycles. The molecule has 0 saturated carbocycles. The van der Waals surface area contributed by atoms with Crippen molar-refractivity contribution in [2.45, 2.75) is 37.8 Å². The number of nitrogens with zero attached hydrogens (tertiary/aromatic N) is 3. The highest BCUT2D eigenvalue weighted by molar-refractivity contribution is 7.99. The van der Waals surface area contributed by atoms with Gasteiger partial charge in [0, 0.05) is 17.7 Å². The predicted molar refractivity (Wildman–Crippen MR) is 124 cm³/mol. The number of carbonyl (C=O) groups is 2. The molecular formula is C22H24ClN5O2S. The standard InChI is InChI=1S/C22H24ClN5O2S/c1-22(2,3)15-10-8-14(9-11-15)19-26-27-21(31-13-12-18(29)25-20(24)30)28(19)17-7-5-4-6-16(17)23/h4-11H,12-13H2,1-3H3,(H3,24,25,29,30). The van der Waals surface area contributed by atoms with E-state index in [9.17, 15) is 9.59 Å². The zero-order chi connectivity index (χ0) is 22.6. The number of hydrogen-bond donors (Lipinski definition) is 2. The first-order chi connectivity index (χ1) is 14.7. The molecular weight excluding hydrogens is 434 g/mol. The predicted octanol–water partition coefficient (Wildman–Crippen LogP) is 4.56. The van der Waals surface area contributed by atoms with Crippen molar-refractivity contribution in [3.05, 3.63) is 59.1 Å². The molecule has 162 valence electrons. The molecule has 0 aliphatic rings. The van der Waals surface area contributed by atoms with Crippen LogP contribution in [0.5, 0.6) is 0 Å². The molecule has 0 unspecified atom stereocenters. The van der Waals surface area contributed by atoms with Crippen molar-refractivity contribution in [3.8, 4) is 17.1 Å². The van der Waals surface area contributed by atoms with E-state index in [4.69, 9.17) is 17.3 Å². The second-order valence-corrected chi connectivity index (χ2v) is 9.40. The molecule has 0 fully saturated rings. The van der Waals surface area contributed by atoms with E-state index in [-0.39, 0.29) is 11.8 Å². The third-order valence-corrected chi connectivity index (χ3v) is 5.81. The lowest BCUT2D eigenvalue weighted by molar-refractivity contribution is -0.119. The Morgan fingerprint density at radius 2 is 1.77 bits per heavy atom. The number of nitrogens with two attached hydrogens (primary N) is 1. The Bertz CT molecular complexity index is 1090. The number of amides is 3. The van der Waals surface area contributed by atoms with Crippen LogP contribution in [0, 0.1) is 0 Å². The fourth-order valence-electron chi connectivity index (χ4n) is 2.95. The molecule has 3 N–H and O–H groups in total. The molecule has 0 spiro atoms. The summed E-state index contributed by atoms with van der Waals surface area (Å²) in [4.78, 5) is 22.5. The summed E-state index contributed by atoms with van der Waals surface area (Å²) in [5.74, 6) is 0.601. The minimum atomic E-state index is -0.866. The third-order valence-electron chi connectivity index (χ3n) is 4.56. The van der Waals surface area contributed by atoms with E-state index < -0.39 is 11.9 Å². The van der Waals surface area contributed by atoms with Crippen molar-refractivity contribution in [1.29, 1.82) is 0 Å². The molecule has 9 heteroatoms. The van der Waals surface area contributed by atoms with Crippen LogP contribution in [0.2, 0.25) is 5.02 Å². The second-order valence-electron chi connectivity index (χ2n) is 7.93. The molecule has 0 bridgehead atoms. The Kier molecular flexibility index (Phi) is 7.02. The zero-order valence-electron chi connectivity index (χ0n) is 17.6. The van der Waals surface area contributed by atoms with Crippen LogP contribution < -0.4 is 11.1 Å². The van der Waals surface area contributed by atoms with Gasteiger partial charge < -0.3 is 5.73 Å². The molecule has 0 aliphatic heterocycles. The lowest BCUT2D eigenvalue weighted by Crippen LogP contribution is -2.35. The lowest BCUT2D eigenvalue weighted by atomic mass is 9.87. The van der Waals surface area contributed by atoms with Crippen molar-refractivity contribution < 1.29 is 9.59 Å². The molecule has 3 aromatic rings. The number of imide groups is 1. The van der Waals surface area contributed by atoms with Gasteiger partial charge in [0.1, 0.15) is 0 Å². The first-order valence-electron chi connectivity index (χ1n) is 9.70. The molecule has 2 aromatic carbocycles. The maximum Gasteiger partial charge on any atom is 0.318 e. The maximum absolute atomic E-state index is 11.7. The van der Waals surface area contributed by atoms with Gasteiger partial charge in [0.05, 0.1) is 10.7 Å². The fourth-order valence-corrected chi connectivity index (χ4v) is 4.06. The van der Waals surface area contributed by atoms with Crippen molar-refractivity contribution in [3.63, 3.8) is 0 Å². The molecule has 0 aliphatic carbocycles. The lowest BCUT2D eigenvalue weighted by Gasteiger charge is -2.19. The number of thioether (sulfide) groups is 1. The summed E-state index contributed by atoms with van der Waals surface area (Å²) in [6.07, 6.45) is 0.110. The Labute approximate surface area is 190 Å². The summed E-state index contributed by atoms with van der Waals surface area (Å²) in [6, 6.07) is 14.8. The summed E-state index contributed by atoms with van der Waals surface area (Å²) in [5, 5.41) is 11.9. The van der Waals surface area contributed by atoms with E-state index in [0.29, 0.717) is 21.8 Å². The number of carbonyl (C=O) groups excluding carboxylic acids is 2. The number of nitrogens with one attached hydrogen (secondary N) is 1. The molecule has 1 heterocycles. The number of aromatic nitrogens is 3. The number of urea groups is 1. The van der Waals surface area contributed by atoms with Gasteiger partial charge in [0.15, 0.2) is 11.0 Å². The second kappa shape index (κ2) is 9.53. The van der Waals surface area contributed by atoms with E-state index in [1.807, 2.05) is 34.9 Å². The van der Waals surface area contributed by atoms with E-state index >= 15 is 0 Å². The average Bonchev–Trinajstić information content (AvgIpc) is 3.11. The molecule has 1 aromatic heterocycles. The smallest absolute Gasteiger partial charge is 0.318 e. The Balaban J connectivity index is 1.94. The van der Waals surface area contributed by atoms with Crippen LogP contribution in [0.3, 0.4) is 0 Å². The van der Waals surface area contributed by atoms with Crippen LogP contribution >= 0.6 is 23.4 Å². The molecule has 0 atom stereocenters. The van der Waals surface area contributed by atoms with E-state index in [0.717, 1.165) is 11.3 Å².